The molecule has 0 unspecified atom stereocenters. The molecule has 0 spiro atoms. The molecule has 54 heavy (non-hydrogen) atoms. The van der Waals surface area contributed by atoms with Crippen molar-refractivity contribution in [2.45, 2.75) is 64.4 Å². The average Bonchev–Trinajstić information content (AvgIpc) is 3.44. The van der Waals surface area contributed by atoms with E-state index in [9.17, 15) is 59.6 Å². The number of ether oxygens (including phenoxy) is 3. The molecule has 2 N–H and O–H groups in total. The van der Waals surface area contributed by atoms with Crippen molar-refractivity contribution in [2.75, 3.05) is 19.9 Å². The summed E-state index contributed by atoms with van der Waals surface area (Å²) in [7, 11) is 0. The van der Waals surface area contributed by atoms with Crippen molar-refractivity contribution in [3.05, 3.63) is 52.4 Å². The van der Waals surface area contributed by atoms with E-state index in [1.807, 2.05) is 6.07 Å². The fraction of sp³-hybridized carbons (Fsp3) is 0.452. The Hall–Kier alpha value is -5.46. The van der Waals surface area contributed by atoms with Crippen molar-refractivity contribution in [1.29, 1.82) is 5.26 Å². The van der Waals surface area contributed by atoms with E-state index in [0.29, 0.717) is 4.68 Å². The number of H-pyrrole nitrogens is 1. The lowest BCUT2D eigenvalue weighted by Gasteiger charge is -2.27. The number of nitrogens with zero attached hydrogens (tertiary/aromatic N) is 5. The van der Waals surface area contributed by atoms with Crippen LogP contribution in [-0.4, -0.2) is 85.6 Å². The normalized spacial score (nSPS) is 14.0. The highest BCUT2D eigenvalue weighted by molar-refractivity contribution is 6.34. The number of halogens is 9. The van der Waals surface area contributed by atoms with Crippen molar-refractivity contribution in [3.8, 4) is 23.0 Å². The molecule has 3 aromatic rings. The van der Waals surface area contributed by atoms with Crippen molar-refractivity contribution < 1.29 is 73.6 Å². The van der Waals surface area contributed by atoms with E-state index in [2.05, 4.69) is 10.2 Å². The van der Waals surface area contributed by atoms with E-state index >= 15 is 0 Å². The lowest BCUT2D eigenvalue weighted by Crippen LogP contribution is -2.43. The van der Waals surface area contributed by atoms with Gasteiger partial charge in [0.05, 0.1) is 34.7 Å². The number of benzene rings is 1. The van der Waals surface area contributed by atoms with E-state index in [-0.39, 0.29) is 42.0 Å². The summed E-state index contributed by atoms with van der Waals surface area (Å²) >= 11 is 6.26. The Balaban J connectivity index is 0.00000784. The van der Waals surface area contributed by atoms with E-state index in [1.54, 1.807) is 0 Å². The Labute approximate surface area is 304 Å². The van der Waals surface area contributed by atoms with Gasteiger partial charge in [0.1, 0.15) is 30.0 Å². The molecule has 1 aliphatic carbocycles. The van der Waals surface area contributed by atoms with E-state index in [1.165, 1.54) is 26.0 Å². The number of carboxylic acid groups (broad SMARTS) is 1. The molecule has 1 amide bonds. The van der Waals surface area contributed by atoms with Gasteiger partial charge in [0.25, 0.3) is 5.91 Å². The molecule has 4 rings (SSSR count). The number of carboxylic acids is 1. The Morgan fingerprint density at radius 3 is 2.22 bits per heavy atom. The van der Waals surface area contributed by atoms with Crippen molar-refractivity contribution in [3.63, 3.8) is 0 Å². The van der Waals surface area contributed by atoms with Crippen molar-refractivity contribution in [2.24, 2.45) is 5.41 Å². The number of aromatic nitrogens is 4. The van der Waals surface area contributed by atoms with Gasteiger partial charge in [0, 0.05) is 11.8 Å². The largest absolute Gasteiger partial charge is 0.510 e. The number of esters is 1. The summed E-state index contributed by atoms with van der Waals surface area (Å²) in [6.07, 6.45) is -12.0. The summed E-state index contributed by atoms with van der Waals surface area (Å²) < 4.78 is 123. The monoisotopic (exact) mass is 800 g/mol. The number of carbonyl (C=O) groups excluding carboxylic acids is 3. The third-order valence-electron chi connectivity index (χ3n) is 7.77. The Morgan fingerprint density at radius 1 is 1.04 bits per heavy atom. The standard InChI is InChI=1S/C30H25ClF8N6O8.CH4/c1-26(2,24(48)49)10-19(46)51-7-8-52-25(50)53-14-44(27(13-40)5-6-27)23(47)17-9-15(3-4-18(17)31)16-11-41-45(12-16)22-20(29(34,35)36)21(42-43-22)28(32,33)30(37,38)39;/h3-4,9,11-12H,5-8,10,14H2,1-2H3,(H,42,43)(H,48,49);1H4. The second-order valence-electron chi connectivity index (χ2n) is 12.1. The maximum Gasteiger partial charge on any atom is 0.510 e. The molecule has 294 valence electrons. The van der Waals surface area contributed by atoms with Gasteiger partial charge in [-0.05, 0) is 44.4 Å². The third-order valence-corrected chi connectivity index (χ3v) is 8.10. The molecule has 1 aliphatic rings. The van der Waals surface area contributed by atoms with Gasteiger partial charge in [-0.1, -0.05) is 25.1 Å². The van der Waals surface area contributed by atoms with Crippen LogP contribution >= 0.6 is 11.6 Å². The van der Waals surface area contributed by atoms with Gasteiger partial charge in [-0.2, -0.15) is 50.6 Å². The topological polar surface area (TPSA) is 190 Å². The summed E-state index contributed by atoms with van der Waals surface area (Å²) in [6, 6.07) is 5.50. The molecule has 1 fully saturated rings. The molecular formula is C31H29ClF8N6O8. The van der Waals surface area contributed by atoms with Crippen LogP contribution in [0.25, 0.3) is 16.9 Å². The molecule has 1 saturated carbocycles. The van der Waals surface area contributed by atoms with Gasteiger partial charge >= 0.3 is 36.4 Å². The number of aliphatic carboxylic acids is 1. The van der Waals surface area contributed by atoms with Crippen LogP contribution in [0.3, 0.4) is 0 Å². The minimum Gasteiger partial charge on any atom is -0.481 e. The van der Waals surface area contributed by atoms with Crippen LogP contribution in [0, 0.1) is 16.7 Å². The molecule has 14 nitrogen and oxygen atoms in total. The number of hydrogen-bond donors (Lipinski definition) is 2. The smallest absolute Gasteiger partial charge is 0.481 e. The zero-order chi connectivity index (χ0) is 39.7. The number of aromatic amines is 1. The maximum atomic E-state index is 14.0. The number of hydrogen-bond acceptors (Lipinski definition) is 10. The highest BCUT2D eigenvalue weighted by Crippen LogP contribution is 2.49. The number of alkyl halides is 8. The van der Waals surface area contributed by atoms with Crippen LogP contribution in [0.4, 0.5) is 39.9 Å². The van der Waals surface area contributed by atoms with Gasteiger partial charge in [-0.3, -0.25) is 24.4 Å². The highest BCUT2D eigenvalue weighted by atomic mass is 35.5. The zero-order valence-electron chi connectivity index (χ0n) is 27.1. The first kappa shape index (κ1) is 42.9. The summed E-state index contributed by atoms with van der Waals surface area (Å²) in [5.74, 6) is -10.5. The predicted octanol–water partition coefficient (Wildman–Crippen LogP) is 6.88. The van der Waals surface area contributed by atoms with Crippen molar-refractivity contribution >= 4 is 35.6 Å². The van der Waals surface area contributed by atoms with Gasteiger partial charge in [0.2, 0.25) is 0 Å². The van der Waals surface area contributed by atoms with Crippen molar-refractivity contribution in [1.82, 2.24) is 24.9 Å². The highest BCUT2D eigenvalue weighted by Gasteiger charge is 2.63. The number of rotatable bonds is 13. The minimum absolute atomic E-state index is 0. The maximum absolute atomic E-state index is 14.0. The van der Waals surface area contributed by atoms with E-state index in [0.717, 1.165) is 28.5 Å². The molecule has 0 radical (unpaired) electrons. The average molecular weight is 801 g/mol. The molecule has 0 saturated heterocycles. The first-order chi connectivity index (χ1) is 24.4. The van der Waals surface area contributed by atoms with Crippen LogP contribution in [0.15, 0.2) is 30.6 Å². The van der Waals surface area contributed by atoms with Gasteiger partial charge in [-0.15, -0.1) is 0 Å². The number of nitriles is 1. The van der Waals surface area contributed by atoms with Gasteiger partial charge < -0.3 is 19.3 Å². The van der Waals surface area contributed by atoms with E-state index < -0.39 is 96.7 Å². The molecular weight excluding hydrogens is 772 g/mol. The van der Waals surface area contributed by atoms with Crippen LogP contribution < -0.4 is 0 Å². The van der Waals surface area contributed by atoms with Crippen LogP contribution in [-0.2, 0) is 35.9 Å². The molecule has 1 aromatic carbocycles. The number of nitrogens with one attached hydrogen (secondary N) is 1. The summed E-state index contributed by atoms with van der Waals surface area (Å²) in [5.41, 5.74) is -8.21. The molecule has 0 atom stereocenters. The van der Waals surface area contributed by atoms with Gasteiger partial charge in [-0.25, -0.2) is 9.48 Å². The summed E-state index contributed by atoms with van der Waals surface area (Å²) in [6.45, 7) is 0.770. The third kappa shape index (κ3) is 9.00. The first-order valence-corrected chi connectivity index (χ1v) is 15.2. The quantitative estimate of drug-likeness (QED) is 0.0794. The van der Waals surface area contributed by atoms with Crippen LogP contribution in [0.2, 0.25) is 5.02 Å². The first-order valence-electron chi connectivity index (χ1n) is 14.8. The lowest BCUT2D eigenvalue weighted by molar-refractivity contribution is -0.292. The molecule has 0 aliphatic heterocycles. The SMILES string of the molecule is C.CC(C)(CC(=O)OCCOC(=O)OCN(C(=O)c1cc(-c2cnn(-c3n[nH]c(C(F)(F)C(F)(F)F)c3C(F)(F)F)c2)ccc1Cl)C1(C#N)CC1)C(=O)O. The zero-order valence-corrected chi connectivity index (χ0v) is 27.8. The summed E-state index contributed by atoms with van der Waals surface area (Å²) in [5, 5.41) is 26.4. The second-order valence-corrected chi connectivity index (χ2v) is 12.5. The van der Waals surface area contributed by atoms with Crippen LogP contribution in [0.1, 0.15) is 62.2 Å². The second kappa shape index (κ2) is 15.5. The van der Waals surface area contributed by atoms with E-state index in [4.69, 9.17) is 30.9 Å². The Morgan fingerprint density at radius 2 is 1.67 bits per heavy atom. The molecule has 23 heteroatoms. The molecule has 2 heterocycles. The number of amides is 1. The minimum atomic E-state index is -6.40. The fourth-order valence-corrected chi connectivity index (χ4v) is 4.80. The lowest BCUT2D eigenvalue weighted by atomic mass is 9.90. The van der Waals surface area contributed by atoms with Crippen LogP contribution in [0.5, 0.6) is 0 Å². The van der Waals surface area contributed by atoms with Gasteiger partial charge in [0.15, 0.2) is 12.5 Å². The molecule has 2 aromatic heterocycles. The Kier molecular flexibility index (Phi) is 12.3. The number of carbonyl (C=O) groups is 4. The predicted molar refractivity (Wildman–Crippen MR) is 166 cm³/mol. The Bertz CT molecular complexity index is 1950. The fourth-order valence-electron chi connectivity index (χ4n) is 4.60. The molecule has 0 bridgehead atoms. The summed E-state index contributed by atoms with van der Waals surface area (Å²) in [4.78, 5) is 49.8.